The maximum atomic E-state index is 14.0. The van der Waals surface area contributed by atoms with Gasteiger partial charge < -0.3 is 20.0 Å². The number of hydrogen-bond acceptors (Lipinski definition) is 7. The van der Waals surface area contributed by atoms with Crippen LogP contribution in [0, 0.1) is 17.2 Å². The number of aliphatic carboxylic acids is 1. The number of alkyl halides is 6. The number of hydrogen-bond donors (Lipinski definition) is 2. The minimum atomic E-state index is -4.79. The zero-order valence-electron chi connectivity index (χ0n) is 26.2. The molecule has 1 amide bonds. The van der Waals surface area contributed by atoms with Gasteiger partial charge in [-0.05, 0) is 79.1 Å². The molecule has 2 aromatic carbocycles. The molecule has 1 aromatic heterocycles. The number of rotatable bonds is 8. The van der Waals surface area contributed by atoms with Gasteiger partial charge in [0.2, 0.25) is 5.95 Å². The van der Waals surface area contributed by atoms with Gasteiger partial charge in [-0.1, -0.05) is 6.92 Å². The van der Waals surface area contributed by atoms with Crippen molar-refractivity contribution in [3.63, 3.8) is 0 Å². The molecule has 260 valence electrons. The van der Waals surface area contributed by atoms with Crippen LogP contribution in [-0.2, 0) is 23.7 Å². The standard InChI is InChI=1S/C33H32F6N6O4/c1-2-24-14-28(26-13-22(32(34,35)36)3-4-27(26)45(24)31(48)49)44(18-21-9-20(15-40)10-23(11-21)33(37,38)39)30-41-16-25(17-42-30)43-7-5-19(6-8-43)12-29(46)47/h3-4,9-11,13,16-17,19,24,28H,2,5-8,12,14,18H2,1H3,(H,46,47)(H,48,49)/t24-,28+/m1/s1. The van der Waals surface area contributed by atoms with E-state index < -0.39 is 47.6 Å². The Bertz CT molecular complexity index is 1740. The molecule has 3 heterocycles. The Morgan fingerprint density at radius 2 is 1.63 bits per heavy atom. The number of piperidine rings is 1. The summed E-state index contributed by atoms with van der Waals surface area (Å²) in [7, 11) is 0. The van der Waals surface area contributed by atoms with Crippen LogP contribution in [-0.4, -0.2) is 51.4 Å². The second-order valence-electron chi connectivity index (χ2n) is 12.2. The van der Waals surface area contributed by atoms with Crippen LogP contribution < -0.4 is 14.7 Å². The smallest absolute Gasteiger partial charge is 0.416 e. The molecule has 0 radical (unpaired) electrons. The molecule has 49 heavy (non-hydrogen) atoms. The highest BCUT2D eigenvalue weighted by Gasteiger charge is 2.41. The van der Waals surface area contributed by atoms with Gasteiger partial charge in [-0.3, -0.25) is 9.69 Å². The van der Waals surface area contributed by atoms with Gasteiger partial charge >= 0.3 is 24.4 Å². The van der Waals surface area contributed by atoms with E-state index in [1.54, 1.807) is 13.0 Å². The maximum Gasteiger partial charge on any atom is 0.416 e. The monoisotopic (exact) mass is 690 g/mol. The number of nitriles is 1. The number of benzene rings is 2. The third-order valence-electron chi connectivity index (χ3n) is 9.01. The Morgan fingerprint density at radius 1 is 0.980 bits per heavy atom. The van der Waals surface area contributed by atoms with Crippen LogP contribution in [0.4, 0.5) is 48.5 Å². The van der Waals surface area contributed by atoms with E-state index in [2.05, 4.69) is 9.97 Å². The lowest BCUT2D eigenvalue weighted by molar-refractivity contribution is -0.139. The molecule has 2 atom stereocenters. The quantitative estimate of drug-likeness (QED) is 0.231. The van der Waals surface area contributed by atoms with E-state index in [0.29, 0.717) is 37.7 Å². The van der Waals surface area contributed by atoms with Crippen LogP contribution in [0.2, 0.25) is 0 Å². The average molecular weight is 691 g/mol. The number of carboxylic acids is 1. The van der Waals surface area contributed by atoms with Gasteiger partial charge in [0.25, 0.3) is 0 Å². The third kappa shape index (κ3) is 7.82. The lowest BCUT2D eigenvalue weighted by Crippen LogP contribution is -2.47. The predicted molar refractivity (Wildman–Crippen MR) is 165 cm³/mol. The van der Waals surface area contributed by atoms with E-state index in [0.717, 1.165) is 29.2 Å². The fourth-order valence-corrected chi connectivity index (χ4v) is 6.60. The molecule has 2 aliphatic rings. The highest BCUT2D eigenvalue weighted by atomic mass is 19.4. The first-order valence-corrected chi connectivity index (χ1v) is 15.5. The summed E-state index contributed by atoms with van der Waals surface area (Å²) >= 11 is 0. The first-order valence-electron chi connectivity index (χ1n) is 15.5. The van der Waals surface area contributed by atoms with Crippen LogP contribution >= 0.6 is 0 Å². The van der Waals surface area contributed by atoms with E-state index in [-0.39, 0.29) is 60.1 Å². The van der Waals surface area contributed by atoms with Crippen LogP contribution in [0.1, 0.15) is 72.9 Å². The molecule has 2 N–H and O–H groups in total. The Kier molecular flexibility index (Phi) is 9.93. The van der Waals surface area contributed by atoms with Crippen LogP contribution in [0.3, 0.4) is 0 Å². The Labute approximate surface area is 277 Å². The molecule has 10 nitrogen and oxygen atoms in total. The summed E-state index contributed by atoms with van der Waals surface area (Å²) in [5, 5.41) is 28.7. The summed E-state index contributed by atoms with van der Waals surface area (Å²) in [5.41, 5.74) is -1.82. The largest absolute Gasteiger partial charge is 0.481 e. The van der Waals surface area contributed by atoms with Gasteiger partial charge in [0.15, 0.2) is 0 Å². The summed E-state index contributed by atoms with van der Waals surface area (Å²) < 4.78 is 83.4. The van der Waals surface area contributed by atoms with E-state index in [9.17, 15) is 46.3 Å². The predicted octanol–water partition coefficient (Wildman–Crippen LogP) is 7.49. The van der Waals surface area contributed by atoms with Gasteiger partial charge in [-0.2, -0.15) is 31.6 Å². The second kappa shape index (κ2) is 13.8. The van der Waals surface area contributed by atoms with E-state index in [1.807, 2.05) is 4.90 Å². The molecule has 5 rings (SSSR count). The van der Waals surface area contributed by atoms with Crippen LogP contribution in [0.15, 0.2) is 48.8 Å². The highest BCUT2D eigenvalue weighted by molar-refractivity contribution is 5.89. The van der Waals surface area contributed by atoms with Crippen molar-refractivity contribution in [1.82, 2.24) is 9.97 Å². The molecule has 1 saturated heterocycles. The van der Waals surface area contributed by atoms with Crippen molar-refractivity contribution in [2.75, 3.05) is 27.8 Å². The maximum absolute atomic E-state index is 14.0. The summed E-state index contributed by atoms with van der Waals surface area (Å²) in [6.07, 6.45) is -6.45. The van der Waals surface area contributed by atoms with E-state index in [4.69, 9.17) is 5.11 Å². The molecule has 3 aromatic rings. The first-order chi connectivity index (χ1) is 23.1. The molecule has 0 saturated carbocycles. The number of anilines is 3. The minimum absolute atomic E-state index is 0.00351. The van der Waals surface area contributed by atoms with Crippen molar-refractivity contribution in [2.24, 2.45) is 5.92 Å². The number of fused-ring (bicyclic) bond motifs is 1. The molecular formula is C33H32F6N6O4. The molecule has 0 unspecified atom stereocenters. The molecule has 0 spiro atoms. The first kappa shape index (κ1) is 35.2. The van der Waals surface area contributed by atoms with E-state index >= 15 is 0 Å². The summed E-state index contributed by atoms with van der Waals surface area (Å²) in [5.74, 6) is -0.898. The van der Waals surface area contributed by atoms with Crippen molar-refractivity contribution in [3.8, 4) is 6.07 Å². The van der Waals surface area contributed by atoms with Gasteiger partial charge in [-0.15, -0.1) is 0 Å². The van der Waals surface area contributed by atoms with Crippen molar-refractivity contribution < 1.29 is 46.1 Å². The number of halogens is 6. The molecule has 16 heteroatoms. The number of nitrogens with zero attached hydrogens (tertiary/aromatic N) is 6. The highest BCUT2D eigenvalue weighted by Crippen LogP contribution is 2.45. The zero-order valence-corrected chi connectivity index (χ0v) is 26.2. The van der Waals surface area contributed by atoms with Crippen molar-refractivity contribution >= 4 is 29.4 Å². The fraction of sp³-hybridized carbons (Fsp3) is 0.424. The SMILES string of the molecule is CC[C@@H]1C[C@H](N(Cc2cc(C#N)cc(C(F)(F)F)c2)c2ncc(N3CCC(CC(=O)O)CC3)cn2)c2cc(C(F)(F)F)ccc2N1C(=O)O. The second-order valence-corrected chi connectivity index (χ2v) is 12.2. The molecule has 0 aliphatic carbocycles. The Balaban J connectivity index is 1.60. The Morgan fingerprint density at radius 3 is 2.18 bits per heavy atom. The zero-order chi connectivity index (χ0) is 35.7. The van der Waals surface area contributed by atoms with Crippen LogP contribution in [0.25, 0.3) is 0 Å². The third-order valence-corrected chi connectivity index (χ3v) is 9.01. The van der Waals surface area contributed by atoms with Gasteiger partial charge in [0.05, 0.1) is 52.6 Å². The minimum Gasteiger partial charge on any atom is -0.481 e. The van der Waals surface area contributed by atoms with Gasteiger partial charge in [0.1, 0.15) is 0 Å². The average Bonchev–Trinajstić information content (AvgIpc) is 3.05. The lowest BCUT2D eigenvalue weighted by Gasteiger charge is -2.43. The summed E-state index contributed by atoms with van der Waals surface area (Å²) in [6, 6.07) is 5.48. The lowest BCUT2D eigenvalue weighted by atomic mass is 9.87. The van der Waals surface area contributed by atoms with Gasteiger partial charge in [0, 0.05) is 32.1 Å². The molecule has 1 fully saturated rings. The number of aromatic nitrogens is 2. The summed E-state index contributed by atoms with van der Waals surface area (Å²) in [6.45, 7) is 2.42. The molecule has 2 aliphatic heterocycles. The Hall–Kier alpha value is -5.07. The van der Waals surface area contributed by atoms with Crippen molar-refractivity contribution in [3.05, 3.63) is 76.6 Å². The normalized spacial score (nSPS) is 18.5. The number of carbonyl (C=O) groups is 2. The summed E-state index contributed by atoms with van der Waals surface area (Å²) in [4.78, 5) is 36.9. The van der Waals surface area contributed by atoms with Gasteiger partial charge in [-0.25, -0.2) is 14.8 Å². The van der Waals surface area contributed by atoms with E-state index in [1.165, 1.54) is 23.4 Å². The number of amides is 1. The van der Waals surface area contributed by atoms with Crippen molar-refractivity contribution in [1.29, 1.82) is 5.26 Å². The molecular weight excluding hydrogens is 658 g/mol. The van der Waals surface area contributed by atoms with Crippen molar-refractivity contribution in [2.45, 2.75) is 70.0 Å². The van der Waals surface area contributed by atoms with Crippen LogP contribution in [0.5, 0.6) is 0 Å². The fourth-order valence-electron chi connectivity index (χ4n) is 6.60. The topological polar surface area (TPSA) is 134 Å². The number of carboxylic acid groups (broad SMARTS) is 2. The molecule has 0 bridgehead atoms.